The van der Waals surface area contributed by atoms with Crippen LogP contribution in [0.4, 0.5) is 10.1 Å². The predicted octanol–water partition coefficient (Wildman–Crippen LogP) is 2.90. The van der Waals surface area contributed by atoms with Gasteiger partial charge >= 0.3 is 0 Å². The molecule has 2 aliphatic rings. The van der Waals surface area contributed by atoms with E-state index in [0.29, 0.717) is 22.0 Å². The second kappa shape index (κ2) is 4.87. The van der Waals surface area contributed by atoms with Crippen LogP contribution in [0.1, 0.15) is 19.3 Å². The van der Waals surface area contributed by atoms with Crippen molar-refractivity contribution >= 4 is 27.5 Å². The minimum atomic E-state index is -0.332. The standard InChI is InChI=1S/C14H16BrFN2O/c15-10-6-9(16)3-4-11(10)18-14(19)12-7-1-2-8(5-7)13(12)17/h3-4,6-8,12-13H,1-2,5,17H2,(H,18,19). The molecule has 3 nitrogen and oxygen atoms in total. The van der Waals surface area contributed by atoms with E-state index in [2.05, 4.69) is 21.2 Å². The first-order chi connectivity index (χ1) is 9.06. The minimum absolute atomic E-state index is 0.0297. The number of nitrogens with two attached hydrogens (primary N) is 1. The SMILES string of the molecule is NC1C2CCC(C2)C1C(=O)Nc1ccc(F)cc1Br. The van der Waals surface area contributed by atoms with E-state index in [1.807, 2.05) is 0 Å². The lowest BCUT2D eigenvalue weighted by molar-refractivity contribution is -0.121. The molecular formula is C14H16BrFN2O. The molecule has 1 aromatic rings. The predicted molar refractivity (Wildman–Crippen MR) is 75.0 cm³/mol. The molecule has 1 aromatic carbocycles. The van der Waals surface area contributed by atoms with Gasteiger partial charge in [-0.25, -0.2) is 4.39 Å². The van der Waals surface area contributed by atoms with Gasteiger partial charge in [-0.3, -0.25) is 4.79 Å². The summed E-state index contributed by atoms with van der Waals surface area (Å²) in [6, 6.07) is 4.21. The highest BCUT2D eigenvalue weighted by molar-refractivity contribution is 9.10. The van der Waals surface area contributed by atoms with Gasteiger partial charge < -0.3 is 11.1 Å². The lowest BCUT2D eigenvalue weighted by Gasteiger charge is -2.27. The highest BCUT2D eigenvalue weighted by Gasteiger charge is 2.49. The van der Waals surface area contributed by atoms with E-state index >= 15 is 0 Å². The van der Waals surface area contributed by atoms with Crippen LogP contribution in [0.3, 0.4) is 0 Å². The second-order valence-electron chi connectivity index (χ2n) is 5.55. The van der Waals surface area contributed by atoms with Crippen LogP contribution in [0, 0.1) is 23.6 Å². The Balaban J connectivity index is 1.75. The monoisotopic (exact) mass is 326 g/mol. The van der Waals surface area contributed by atoms with Gasteiger partial charge in [0.15, 0.2) is 0 Å². The third-order valence-corrected chi connectivity index (χ3v) is 5.13. The molecule has 0 heterocycles. The van der Waals surface area contributed by atoms with E-state index in [9.17, 15) is 9.18 Å². The quantitative estimate of drug-likeness (QED) is 0.878. The van der Waals surface area contributed by atoms with E-state index in [-0.39, 0.29) is 23.7 Å². The summed E-state index contributed by atoms with van der Waals surface area (Å²) in [7, 11) is 0. The maximum absolute atomic E-state index is 13.0. The summed E-state index contributed by atoms with van der Waals surface area (Å²) in [5, 5.41) is 2.86. The number of benzene rings is 1. The largest absolute Gasteiger partial charge is 0.327 e. The Kier molecular flexibility index (Phi) is 3.35. The fourth-order valence-corrected chi connectivity index (χ4v) is 3.98. The van der Waals surface area contributed by atoms with Crippen LogP contribution in [0.5, 0.6) is 0 Å². The Morgan fingerprint density at radius 2 is 2.11 bits per heavy atom. The molecule has 5 heteroatoms. The smallest absolute Gasteiger partial charge is 0.229 e. The van der Waals surface area contributed by atoms with Gasteiger partial charge in [0.25, 0.3) is 0 Å². The van der Waals surface area contributed by atoms with Crippen molar-refractivity contribution in [1.29, 1.82) is 0 Å². The normalized spacial score (nSPS) is 32.6. The molecule has 2 saturated carbocycles. The zero-order valence-electron chi connectivity index (χ0n) is 10.4. The van der Waals surface area contributed by atoms with Gasteiger partial charge in [-0.15, -0.1) is 0 Å². The molecule has 0 aliphatic heterocycles. The number of hydrogen-bond donors (Lipinski definition) is 2. The first-order valence-corrected chi connectivity index (χ1v) is 7.37. The summed E-state index contributed by atoms with van der Waals surface area (Å²) in [6.45, 7) is 0. The highest BCUT2D eigenvalue weighted by atomic mass is 79.9. The zero-order chi connectivity index (χ0) is 13.6. The Morgan fingerprint density at radius 3 is 2.74 bits per heavy atom. The van der Waals surface area contributed by atoms with E-state index < -0.39 is 0 Å². The van der Waals surface area contributed by atoms with Crippen molar-refractivity contribution in [3.63, 3.8) is 0 Å². The summed E-state index contributed by atoms with van der Waals surface area (Å²) < 4.78 is 13.6. The van der Waals surface area contributed by atoms with Crippen molar-refractivity contribution in [3.05, 3.63) is 28.5 Å². The number of rotatable bonds is 2. The van der Waals surface area contributed by atoms with Gasteiger partial charge in [0.1, 0.15) is 5.82 Å². The van der Waals surface area contributed by atoms with Gasteiger partial charge in [-0.2, -0.15) is 0 Å². The molecule has 1 amide bonds. The van der Waals surface area contributed by atoms with Crippen LogP contribution in [0.2, 0.25) is 0 Å². The average Bonchev–Trinajstić information content (AvgIpc) is 2.93. The Hall–Kier alpha value is -0.940. The molecule has 0 spiro atoms. The summed E-state index contributed by atoms with van der Waals surface area (Å²) in [6.07, 6.45) is 3.32. The van der Waals surface area contributed by atoms with E-state index in [4.69, 9.17) is 5.73 Å². The molecule has 2 aliphatic carbocycles. The molecular weight excluding hydrogens is 311 g/mol. The minimum Gasteiger partial charge on any atom is -0.327 e. The van der Waals surface area contributed by atoms with Crippen LogP contribution in [-0.4, -0.2) is 11.9 Å². The second-order valence-corrected chi connectivity index (χ2v) is 6.40. The first-order valence-electron chi connectivity index (χ1n) is 6.58. The molecule has 4 unspecified atom stereocenters. The van der Waals surface area contributed by atoms with Gasteiger partial charge in [0, 0.05) is 10.5 Å². The molecule has 3 rings (SSSR count). The van der Waals surface area contributed by atoms with Crippen molar-refractivity contribution in [2.24, 2.45) is 23.5 Å². The Labute approximate surface area is 119 Å². The number of anilines is 1. The number of hydrogen-bond acceptors (Lipinski definition) is 2. The topological polar surface area (TPSA) is 55.1 Å². The fourth-order valence-electron chi connectivity index (χ4n) is 3.53. The molecule has 19 heavy (non-hydrogen) atoms. The van der Waals surface area contributed by atoms with Crippen molar-refractivity contribution in [2.75, 3.05) is 5.32 Å². The van der Waals surface area contributed by atoms with Crippen molar-refractivity contribution in [1.82, 2.24) is 0 Å². The van der Waals surface area contributed by atoms with Gasteiger partial charge in [0.05, 0.1) is 11.6 Å². The summed E-state index contributed by atoms with van der Waals surface area (Å²) in [5.74, 6) is 0.445. The number of fused-ring (bicyclic) bond motifs is 2. The number of nitrogens with one attached hydrogen (secondary N) is 1. The zero-order valence-corrected chi connectivity index (χ0v) is 12.0. The highest BCUT2D eigenvalue weighted by Crippen LogP contribution is 2.48. The lowest BCUT2D eigenvalue weighted by atomic mass is 9.84. The molecule has 0 radical (unpaired) electrons. The summed E-state index contributed by atoms with van der Waals surface area (Å²) >= 11 is 3.25. The van der Waals surface area contributed by atoms with E-state index in [1.165, 1.54) is 12.1 Å². The maximum Gasteiger partial charge on any atom is 0.229 e. The van der Waals surface area contributed by atoms with Crippen molar-refractivity contribution < 1.29 is 9.18 Å². The summed E-state index contributed by atoms with van der Waals surface area (Å²) in [4.78, 5) is 12.3. The number of amides is 1. The third kappa shape index (κ3) is 2.30. The number of carbonyl (C=O) groups excluding carboxylic acids is 1. The van der Waals surface area contributed by atoms with Crippen LogP contribution < -0.4 is 11.1 Å². The molecule has 3 N–H and O–H groups in total. The van der Waals surface area contributed by atoms with Crippen LogP contribution in [0.15, 0.2) is 22.7 Å². The Bertz CT molecular complexity index is 520. The molecule has 0 saturated heterocycles. The van der Waals surface area contributed by atoms with E-state index in [0.717, 1.165) is 19.3 Å². The molecule has 2 bridgehead atoms. The van der Waals surface area contributed by atoms with Crippen molar-refractivity contribution in [3.8, 4) is 0 Å². The van der Waals surface area contributed by atoms with Crippen LogP contribution in [-0.2, 0) is 4.79 Å². The average molecular weight is 327 g/mol. The van der Waals surface area contributed by atoms with Crippen LogP contribution >= 0.6 is 15.9 Å². The molecule has 4 atom stereocenters. The van der Waals surface area contributed by atoms with Crippen molar-refractivity contribution in [2.45, 2.75) is 25.3 Å². The lowest BCUT2D eigenvalue weighted by Crippen LogP contribution is -2.42. The molecule has 2 fully saturated rings. The number of halogens is 2. The maximum atomic E-state index is 13.0. The fraction of sp³-hybridized carbons (Fsp3) is 0.500. The number of carbonyl (C=O) groups is 1. The third-order valence-electron chi connectivity index (χ3n) is 4.47. The van der Waals surface area contributed by atoms with Gasteiger partial charge in [-0.1, -0.05) is 0 Å². The first kappa shape index (κ1) is 13.1. The van der Waals surface area contributed by atoms with E-state index in [1.54, 1.807) is 6.07 Å². The summed E-state index contributed by atoms with van der Waals surface area (Å²) in [5.41, 5.74) is 6.75. The Morgan fingerprint density at radius 1 is 1.37 bits per heavy atom. The van der Waals surface area contributed by atoms with Gasteiger partial charge in [0.2, 0.25) is 5.91 Å². The molecule has 102 valence electrons. The molecule has 0 aromatic heterocycles. The van der Waals surface area contributed by atoms with Crippen LogP contribution in [0.25, 0.3) is 0 Å². The van der Waals surface area contributed by atoms with Gasteiger partial charge in [-0.05, 0) is 65.2 Å².